The monoisotopic (exact) mass is 401 g/mol. The third-order valence-electron chi connectivity index (χ3n) is 4.66. The minimum Gasteiger partial charge on any atom is -0.497 e. The maximum atomic E-state index is 12.9. The standard InChI is InChI=1S/C21H27N3O5/c1-12(2)19(21(28)22-11-18(25)26)23-20(27)17-10-13(3)24(14(17)4)15-6-8-16(29-5)9-7-15/h6-10,12,19H,11H2,1-5H3,(H,22,28)(H,23,27)(H,25,26). The highest BCUT2D eigenvalue weighted by Crippen LogP contribution is 2.23. The first kappa shape index (κ1) is 22.0. The van der Waals surface area contributed by atoms with Crippen LogP contribution in [-0.4, -0.2) is 47.2 Å². The Morgan fingerprint density at radius 3 is 2.28 bits per heavy atom. The zero-order chi connectivity index (χ0) is 21.7. The van der Waals surface area contributed by atoms with Gasteiger partial charge in [0.05, 0.1) is 12.7 Å². The van der Waals surface area contributed by atoms with E-state index < -0.39 is 24.5 Å². The Bertz CT molecular complexity index is 900. The highest BCUT2D eigenvalue weighted by atomic mass is 16.5. The number of nitrogens with zero attached hydrogens (tertiary/aromatic N) is 1. The summed E-state index contributed by atoms with van der Waals surface area (Å²) in [6.45, 7) is 6.80. The van der Waals surface area contributed by atoms with Crippen molar-refractivity contribution in [2.24, 2.45) is 5.92 Å². The van der Waals surface area contributed by atoms with Gasteiger partial charge in [-0.25, -0.2) is 0 Å². The van der Waals surface area contributed by atoms with Gasteiger partial charge in [0, 0.05) is 17.1 Å². The predicted octanol–water partition coefficient (Wildman–Crippen LogP) is 2.06. The van der Waals surface area contributed by atoms with Crippen LogP contribution >= 0.6 is 0 Å². The minimum absolute atomic E-state index is 0.210. The fourth-order valence-corrected chi connectivity index (χ4v) is 3.15. The molecule has 8 heteroatoms. The van der Waals surface area contributed by atoms with Gasteiger partial charge in [0.1, 0.15) is 18.3 Å². The summed E-state index contributed by atoms with van der Waals surface area (Å²) in [5, 5.41) is 13.8. The van der Waals surface area contributed by atoms with Crippen LogP contribution in [-0.2, 0) is 9.59 Å². The van der Waals surface area contributed by atoms with Crippen molar-refractivity contribution in [1.29, 1.82) is 0 Å². The molecule has 0 bridgehead atoms. The maximum Gasteiger partial charge on any atom is 0.322 e. The molecule has 0 aliphatic carbocycles. The Balaban J connectivity index is 2.25. The van der Waals surface area contributed by atoms with Crippen LogP contribution in [0.4, 0.5) is 0 Å². The summed E-state index contributed by atoms with van der Waals surface area (Å²) in [4.78, 5) is 35.9. The smallest absolute Gasteiger partial charge is 0.322 e. The average Bonchev–Trinajstić information content (AvgIpc) is 2.98. The number of aromatic nitrogens is 1. The number of carbonyl (C=O) groups excluding carboxylic acids is 2. The van der Waals surface area contributed by atoms with Crippen LogP contribution in [0.15, 0.2) is 30.3 Å². The van der Waals surface area contributed by atoms with Crippen molar-refractivity contribution in [3.8, 4) is 11.4 Å². The predicted molar refractivity (Wildman–Crippen MR) is 109 cm³/mol. The van der Waals surface area contributed by atoms with Gasteiger partial charge in [-0.2, -0.15) is 0 Å². The largest absolute Gasteiger partial charge is 0.497 e. The molecule has 0 spiro atoms. The second-order valence-electron chi connectivity index (χ2n) is 7.12. The molecule has 0 fully saturated rings. The first-order valence-corrected chi connectivity index (χ1v) is 9.29. The SMILES string of the molecule is COc1ccc(-n2c(C)cc(C(=O)NC(C(=O)NCC(=O)O)C(C)C)c2C)cc1. The fraction of sp³-hybridized carbons (Fsp3) is 0.381. The van der Waals surface area contributed by atoms with Crippen LogP contribution < -0.4 is 15.4 Å². The summed E-state index contributed by atoms with van der Waals surface area (Å²) < 4.78 is 7.13. The molecule has 3 N–H and O–H groups in total. The molecule has 1 aromatic carbocycles. The second-order valence-corrected chi connectivity index (χ2v) is 7.12. The normalized spacial score (nSPS) is 11.8. The molecule has 1 aromatic heterocycles. The van der Waals surface area contributed by atoms with Crippen molar-refractivity contribution in [2.75, 3.05) is 13.7 Å². The summed E-state index contributed by atoms with van der Waals surface area (Å²) in [5.74, 6) is -1.53. The van der Waals surface area contributed by atoms with Crippen LogP contribution in [0.25, 0.3) is 5.69 Å². The van der Waals surface area contributed by atoms with Crippen molar-refractivity contribution in [3.63, 3.8) is 0 Å². The number of rotatable bonds is 8. The number of carbonyl (C=O) groups is 3. The number of nitrogens with one attached hydrogen (secondary N) is 2. The first-order valence-electron chi connectivity index (χ1n) is 9.29. The number of hydrogen-bond donors (Lipinski definition) is 3. The first-order chi connectivity index (χ1) is 13.6. The van der Waals surface area contributed by atoms with E-state index in [4.69, 9.17) is 9.84 Å². The van der Waals surface area contributed by atoms with Gasteiger partial charge in [0.15, 0.2) is 0 Å². The average molecular weight is 401 g/mol. The number of benzene rings is 1. The Labute approximate surface area is 169 Å². The zero-order valence-corrected chi connectivity index (χ0v) is 17.3. The van der Waals surface area contributed by atoms with Gasteiger partial charge in [-0.3, -0.25) is 14.4 Å². The van der Waals surface area contributed by atoms with Gasteiger partial charge < -0.3 is 25.0 Å². The highest BCUT2D eigenvalue weighted by molar-refractivity contribution is 5.99. The molecule has 29 heavy (non-hydrogen) atoms. The quantitative estimate of drug-likeness (QED) is 0.627. The van der Waals surface area contributed by atoms with E-state index in [9.17, 15) is 14.4 Å². The van der Waals surface area contributed by atoms with E-state index in [1.807, 2.05) is 42.7 Å². The molecular formula is C21H27N3O5. The summed E-state index contributed by atoms with van der Waals surface area (Å²) in [6, 6.07) is 8.41. The molecule has 0 aliphatic rings. The summed E-state index contributed by atoms with van der Waals surface area (Å²) in [6.07, 6.45) is 0. The van der Waals surface area contributed by atoms with Crippen LogP contribution in [0.5, 0.6) is 5.75 Å². The Kier molecular flexibility index (Phi) is 7.03. The molecule has 1 heterocycles. The van der Waals surface area contributed by atoms with Crippen molar-refractivity contribution in [3.05, 3.63) is 47.3 Å². The number of ether oxygens (including phenoxy) is 1. The summed E-state index contributed by atoms with van der Waals surface area (Å²) >= 11 is 0. The van der Waals surface area contributed by atoms with E-state index in [1.54, 1.807) is 27.0 Å². The number of carboxylic acids is 1. The molecule has 1 unspecified atom stereocenters. The Morgan fingerprint density at radius 2 is 1.76 bits per heavy atom. The fourth-order valence-electron chi connectivity index (χ4n) is 3.15. The van der Waals surface area contributed by atoms with Crippen molar-refractivity contribution in [2.45, 2.75) is 33.7 Å². The van der Waals surface area contributed by atoms with E-state index in [1.165, 1.54) is 0 Å². The van der Waals surface area contributed by atoms with Gasteiger partial charge in [0.2, 0.25) is 5.91 Å². The topological polar surface area (TPSA) is 110 Å². The number of methoxy groups -OCH3 is 1. The van der Waals surface area contributed by atoms with Crippen LogP contribution in [0.3, 0.4) is 0 Å². The van der Waals surface area contributed by atoms with E-state index in [0.29, 0.717) is 5.56 Å². The summed E-state index contributed by atoms with van der Waals surface area (Å²) in [5.41, 5.74) is 2.95. The number of aliphatic carboxylic acids is 1. The number of aryl methyl sites for hydroxylation is 1. The van der Waals surface area contributed by atoms with Crippen LogP contribution in [0.1, 0.15) is 35.6 Å². The number of carboxylic acid groups (broad SMARTS) is 1. The lowest BCUT2D eigenvalue weighted by Gasteiger charge is -2.21. The molecule has 8 nitrogen and oxygen atoms in total. The Morgan fingerprint density at radius 1 is 1.14 bits per heavy atom. The molecule has 2 rings (SSSR count). The summed E-state index contributed by atoms with van der Waals surface area (Å²) in [7, 11) is 1.60. The molecule has 1 atom stereocenters. The number of amides is 2. The lowest BCUT2D eigenvalue weighted by Crippen LogP contribution is -2.50. The maximum absolute atomic E-state index is 12.9. The van der Waals surface area contributed by atoms with Crippen molar-refractivity contribution < 1.29 is 24.2 Å². The third kappa shape index (κ3) is 5.16. The molecule has 156 valence electrons. The van der Waals surface area contributed by atoms with Gasteiger partial charge in [0.25, 0.3) is 5.91 Å². The molecule has 0 saturated heterocycles. The minimum atomic E-state index is -1.14. The highest BCUT2D eigenvalue weighted by Gasteiger charge is 2.26. The lowest BCUT2D eigenvalue weighted by molar-refractivity contribution is -0.138. The third-order valence-corrected chi connectivity index (χ3v) is 4.66. The molecule has 2 aromatic rings. The Hall–Kier alpha value is -3.29. The van der Waals surface area contributed by atoms with E-state index in [0.717, 1.165) is 22.8 Å². The molecular weight excluding hydrogens is 374 g/mol. The second kappa shape index (κ2) is 9.27. The molecule has 0 saturated carbocycles. The van der Waals surface area contributed by atoms with Gasteiger partial charge in [-0.1, -0.05) is 13.8 Å². The van der Waals surface area contributed by atoms with E-state index in [2.05, 4.69) is 10.6 Å². The van der Waals surface area contributed by atoms with Crippen LogP contribution in [0, 0.1) is 19.8 Å². The van der Waals surface area contributed by atoms with Gasteiger partial charge >= 0.3 is 5.97 Å². The number of hydrogen-bond acceptors (Lipinski definition) is 4. The van der Waals surface area contributed by atoms with E-state index in [-0.39, 0.29) is 11.8 Å². The van der Waals surface area contributed by atoms with Crippen LogP contribution in [0.2, 0.25) is 0 Å². The molecule has 0 aliphatic heterocycles. The molecule has 0 radical (unpaired) electrons. The van der Waals surface area contributed by atoms with Gasteiger partial charge in [-0.15, -0.1) is 0 Å². The van der Waals surface area contributed by atoms with Gasteiger partial charge in [-0.05, 0) is 50.1 Å². The van der Waals surface area contributed by atoms with Crippen molar-refractivity contribution >= 4 is 17.8 Å². The zero-order valence-electron chi connectivity index (χ0n) is 17.3. The van der Waals surface area contributed by atoms with Crippen molar-refractivity contribution in [1.82, 2.24) is 15.2 Å². The van der Waals surface area contributed by atoms with E-state index >= 15 is 0 Å². The lowest BCUT2D eigenvalue weighted by atomic mass is 10.0. The molecule has 2 amide bonds.